The van der Waals surface area contributed by atoms with Crippen molar-refractivity contribution in [3.05, 3.63) is 47.5 Å². The number of hydrogen-bond donors (Lipinski definition) is 2. The molecule has 1 unspecified atom stereocenters. The molecule has 0 amide bonds. The molecule has 2 N–H and O–H groups in total. The van der Waals surface area contributed by atoms with Crippen LogP contribution in [0.3, 0.4) is 0 Å². The third-order valence-corrected chi connectivity index (χ3v) is 3.77. The van der Waals surface area contributed by atoms with Crippen LogP contribution in [0.5, 0.6) is 0 Å². The van der Waals surface area contributed by atoms with Crippen LogP contribution in [0.25, 0.3) is 22.6 Å². The van der Waals surface area contributed by atoms with Gasteiger partial charge in [0.2, 0.25) is 5.89 Å². The summed E-state index contributed by atoms with van der Waals surface area (Å²) in [6.45, 7) is 0.385. The first kappa shape index (κ1) is 15.2. The van der Waals surface area contributed by atoms with Crippen molar-refractivity contribution < 1.29 is 9.52 Å². The minimum absolute atomic E-state index is 0.193. The highest BCUT2D eigenvalue weighted by Crippen LogP contribution is 2.27. The Labute approximate surface area is 137 Å². The maximum absolute atomic E-state index is 9.49. The summed E-state index contributed by atoms with van der Waals surface area (Å²) in [5.74, 6) is 0.720. The van der Waals surface area contributed by atoms with Crippen molar-refractivity contribution in [3.63, 3.8) is 0 Å². The number of benzene rings is 2. The highest BCUT2D eigenvalue weighted by Gasteiger charge is 2.09. The van der Waals surface area contributed by atoms with E-state index in [2.05, 4.69) is 10.3 Å². The lowest BCUT2D eigenvalue weighted by atomic mass is 10.2. The summed E-state index contributed by atoms with van der Waals surface area (Å²) in [4.78, 5) is 4.45. The zero-order valence-corrected chi connectivity index (χ0v) is 13.1. The highest BCUT2D eigenvalue weighted by molar-refractivity contribution is 6.31. The van der Waals surface area contributed by atoms with E-state index in [0.717, 1.165) is 16.8 Å². The Hall–Kier alpha value is -1.75. The average molecular weight is 337 g/mol. The van der Waals surface area contributed by atoms with Crippen LogP contribution in [-0.2, 0) is 0 Å². The van der Waals surface area contributed by atoms with Crippen molar-refractivity contribution in [1.29, 1.82) is 0 Å². The molecule has 1 atom stereocenters. The molecule has 1 heterocycles. The molecule has 0 aliphatic heterocycles. The van der Waals surface area contributed by atoms with E-state index in [9.17, 15) is 5.11 Å². The molecule has 4 nitrogen and oxygen atoms in total. The van der Waals surface area contributed by atoms with Gasteiger partial charge in [-0.05, 0) is 36.4 Å². The number of nitrogens with zero attached hydrogens (tertiary/aromatic N) is 1. The SMILES string of the molecule is OC(CCl)CNc1cccc(-c2nc3cc(Cl)ccc3o2)c1. The lowest BCUT2D eigenvalue weighted by molar-refractivity contribution is 0.211. The second-order valence-corrected chi connectivity index (χ2v) is 5.65. The van der Waals surface area contributed by atoms with E-state index in [1.54, 1.807) is 18.2 Å². The number of nitrogens with one attached hydrogen (secondary N) is 1. The van der Waals surface area contributed by atoms with Gasteiger partial charge < -0.3 is 14.8 Å². The monoisotopic (exact) mass is 336 g/mol. The molecule has 0 aliphatic rings. The van der Waals surface area contributed by atoms with Crippen molar-refractivity contribution in [2.24, 2.45) is 0 Å². The topological polar surface area (TPSA) is 58.3 Å². The molecular weight excluding hydrogens is 323 g/mol. The first-order valence-corrected chi connectivity index (χ1v) is 7.71. The summed E-state index contributed by atoms with van der Waals surface area (Å²) in [5, 5.41) is 13.2. The lowest BCUT2D eigenvalue weighted by Crippen LogP contribution is -2.20. The van der Waals surface area contributed by atoms with Crippen molar-refractivity contribution in [3.8, 4) is 11.5 Å². The van der Waals surface area contributed by atoms with Gasteiger partial charge in [-0.3, -0.25) is 0 Å². The minimum atomic E-state index is -0.586. The summed E-state index contributed by atoms with van der Waals surface area (Å²) < 4.78 is 5.74. The quantitative estimate of drug-likeness (QED) is 0.687. The largest absolute Gasteiger partial charge is 0.436 e. The van der Waals surface area contributed by atoms with E-state index in [4.69, 9.17) is 27.6 Å². The van der Waals surface area contributed by atoms with E-state index >= 15 is 0 Å². The second-order valence-electron chi connectivity index (χ2n) is 4.90. The number of oxazole rings is 1. The molecule has 0 fully saturated rings. The van der Waals surface area contributed by atoms with Crippen molar-refractivity contribution in [2.45, 2.75) is 6.10 Å². The van der Waals surface area contributed by atoms with Gasteiger partial charge in [0.05, 0.1) is 12.0 Å². The van der Waals surface area contributed by atoms with Crippen molar-refractivity contribution >= 4 is 40.0 Å². The maximum Gasteiger partial charge on any atom is 0.227 e. The molecule has 0 radical (unpaired) electrons. The van der Waals surface area contributed by atoms with Gasteiger partial charge in [0.1, 0.15) is 5.52 Å². The molecule has 0 spiro atoms. The fourth-order valence-electron chi connectivity index (χ4n) is 2.08. The molecule has 114 valence electrons. The molecule has 2 aromatic carbocycles. The molecule has 3 aromatic rings. The summed E-state index contributed by atoms with van der Waals surface area (Å²) in [6.07, 6.45) is -0.586. The number of hydrogen-bond acceptors (Lipinski definition) is 4. The van der Waals surface area contributed by atoms with Gasteiger partial charge in [0, 0.05) is 22.8 Å². The molecule has 0 saturated carbocycles. The number of fused-ring (bicyclic) bond motifs is 1. The van der Waals surface area contributed by atoms with Gasteiger partial charge in [-0.2, -0.15) is 0 Å². The van der Waals surface area contributed by atoms with Crippen LogP contribution in [0.2, 0.25) is 5.02 Å². The number of rotatable bonds is 5. The molecule has 0 saturated heterocycles. The van der Waals surface area contributed by atoms with Gasteiger partial charge in [0.15, 0.2) is 5.58 Å². The number of aromatic nitrogens is 1. The van der Waals surface area contributed by atoms with E-state index in [0.29, 0.717) is 23.0 Å². The molecular formula is C16H14Cl2N2O2. The minimum Gasteiger partial charge on any atom is -0.436 e. The standard InChI is InChI=1S/C16H14Cl2N2O2/c17-8-13(21)9-19-12-3-1-2-10(6-12)16-20-14-7-11(18)4-5-15(14)22-16/h1-7,13,19,21H,8-9H2. The van der Waals surface area contributed by atoms with E-state index in [1.807, 2.05) is 24.3 Å². The third kappa shape index (κ3) is 3.35. The first-order valence-electron chi connectivity index (χ1n) is 6.80. The Balaban J connectivity index is 1.86. The van der Waals surface area contributed by atoms with E-state index in [-0.39, 0.29) is 5.88 Å². The lowest BCUT2D eigenvalue weighted by Gasteiger charge is -2.10. The molecule has 6 heteroatoms. The van der Waals surface area contributed by atoms with Crippen LogP contribution >= 0.6 is 23.2 Å². The van der Waals surface area contributed by atoms with Gasteiger partial charge in [-0.15, -0.1) is 11.6 Å². The Morgan fingerprint density at radius 1 is 1.23 bits per heavy atom. The van der Waals surface area contributed by atoms with Crippen LogP contribution in [0.15, 0.2) is 46.9 Å². The molecule has 0 bridgehead atoms. The maximum atomic E-state index is 9.49. The second kappa shape index (κ2) is 6.57. The fourth-order valence-corrected chi connectivity index (χ4v) is 2.35. The van der Waals surface area contributed by atoms with Gasteiger partial charge in [-0.25, -0.2) is 4.98 Å². The molecule has 1 aromatic heterocycles. The van der Waals surface area contributed by atoms with Gasteiger partial charge >= 0.3 is 0 Å². The van der Waals surface area contributed by atoms with E-state index in [1.165, 1.54) is 0 Å². The Bertz CT molecular complexity index is 789. The predicted octanol–water partition coefficient (Wildman–Crippen LogP) is 4.16. The normalized spacial score (nSPS) is 12.5. The van der Waals surface area contributed by atoms with E-state index < -0.39 is 6.10 Å². The highest BCUT2D eigenvalue weighted by atomic mass is 35.5. The van der Waals surface area contributed by atoms with Crippen LogP contribution in [0.1, 0.15) is 0 Å². The summed E-state index contributed by atoms with van der Waals surface area (Å²) in [7, 11) is 0. The van der Waals surface area contributed by atoms with Gasteiger partial charge in [0.25, 0.3) is 0 Å². The molecule has 22 heavy (non-hydrogen) atoms. The number of aliphatic hydroxyl groups is 1. The van der Waals surface area contributed by atoms with Crippen LogP contribution in [0.4, 0.5) is 5.69 Å². The van der Waals surface area contributed by atoms with Gasteiger partial charge in [-0.1, -0.05) is 17.7 Å². The Morgan fingerprint density at radius 2 is 2.09 bits per heavy atom. The number of aliphatic hydroxyl groups excluding tert-OH is 1. The first-order chi connectivity index (χ1) is 10.7. The van der Waals surface area contributed by atoms with Crippen molar-refractivity contribution in [1.82, 2.24) is 4.98 Å². The summed E-state index contributed by atoms with van der Waals surface area (Å²) in [6, 6.07) is 13.0. The zero-order valence-electron chi connectivity index (χ0n) is 11.6. The summed E-state index contributed by atoms with van der Waals surface area (Å²) >= 11 is 11.5. The summed E-state index contributed by atoms with van der Waals surface area (Å²) in [5.41, 5.74) is 3.12. The Kier molecular flexibility index (Phi) is 4.52. The zero-order chi connectivity index (χ0) is 15.5. The van der Waals surface area contributed by atoms with Crippen molar-refractivity contribution in [2.75, 3.05) is 17.7 Å². The Morgan fingerprint density at radius 3 is 2.91 bits per heavy atom. The average Bonchev–Trinajstić information content (AvgIpc) is 2.96. The number of alkyl halides is 1. The smallest absolute Gasteiger partial charge is 0.227 e. The van der Waals surface area contributed by atoms with Crippen LogP contribution in [0, 0.1) is 0 Å². The number of halogens is 2. The molecule has 3 rings (SSSR count). The van der Waals surface area contributed by atoms with Crippen LogP contribution < -0.4 is 5.32 Å². The fraction of sp³-hybridized carbons (Fsp3) is 0.188. The predicted molar refractivity (Wildman–Crippen MR) is 89.7 cm³/mol. The molecule has 0 aliphatic carbocycles. The number of anilines is 1. The van der Waals surface area contributed by atoms with Crippen LogP contribution in [-0.4, -0.2) is 28.6 Å². The third-order valence-electron chi connectivity index (χ3n) is 3.18.